The maximum atomic E-state index is 12.9. The van der Waals surface area contributed by atoms with Crippen LogP contribution in [0, 0.1) is 5.82 Å². The zero-order valence-corrected chi connectivity index (χ0v) is 9.94. The standard InChI is InChI=1S/C11H18FN3O/c1-14(2)4-5-15(3)11-9(8-16)6-10(12)7-13-11/h6-7,16H,4-5,8H2,1-3H3. The Bertz CT molecular complexity index is 344. The third-order valence-electron chi connectivity index (χ3n) is 2.32. The maximum Gasteiger partial charge on any atom is 0.142 e. The summed E-state index contributed by atoms with van der Waals surface area (Å²) >= 11 is 0. The molecule has 0 aliphatic rings. The van der Waals surface area contributed by atoms with Gasteiger partial charge in [-0.1, -0.05) is 0 Å². The number of aliphatic hydroxyl groups excluding tert-OH is 1. The molecule has 0 aromatic carbocycles. The molecule has 1 N–H and O–H groups in total. The predicted molar refractivity (Wildman–Crippen MR) is 61.9 cm³/mol. The van der Waals surface area contributed by atoms with E-state index in [1.165, 1.54) is 12.3 Å². The molecule has 4 nitrogen and oxygen atoms in total. The Kier molecular flexibility index (Phi) is 4.64. The van der Waals surface area contributed by atoms with Crippen LogP contribution in [0.15, 0.2) is 12.3 Å². The lowest BCUT2D eigenvalue weighted by molar-refractivity contribution is 0.281. The fourth-order valence-electron chi connectivity index (χ4n) is 1.39. The van der Waals surface area contributed by atoms with Crippen molar-refractivity contribution < 1.29 is 9.50 Å². The van der Waals surface area contributed by atoms with Gasteiger partial charge in [-0.25, -0.2) is 9.37 Å². The van der Waals surface area contributed by atoms with Crippen molar-refractivity contribution in [3.63, 3.8) is 0 Å². The molecule has 16 heavy (non-hydrogen) atoms. The zero-order valence-electron chi connectivity index (χ0n) is 9.94. The summed E-state index contributed by atoms with van der Waals surface area (Å²) in [6, 6.07) is 1.31. The second-order valence-corrected chi connectivity index (χ2v) is 4.02. The first-order chi connectivity index (χ1) is 7.54. The highest BCUT2D eigenvalue weighted by Crippen LogP contribution is 2.16. The molecule has 0 amide bonds. The topological polar surface area (TPSA) is 39.6 Å². The smallest absolute Gasteiger partial charge is 0.142 e. The van der Waals surface area contributed by atoms with Crippen LogP contribution in [-0.4, -0.2) is 49.2 Å². The Morgan fingerprint density at radius 1 is 1.31 bits per heavy atom. The number of pyridine rings is 1. The molecule has 1 aromatic rings. The summed E-state index contributed by atoms with van der Waals surface area (Å²) in [5.74, 6) is 0.208. The van der Waals surface area contributed by atoms with Crippen molar-refractivity contribution in [3.05, 3.63) is 23.6 Å². The van der Waals surface area contributed by atoms with Crippen LogP contribution in [0.3, 0.4) is 0 Å². The number of likely N-dealkylation sites (N-methyl/N-ethyl adjacent to an activating group) is 2. The average molecular weight is 227 g/mol. The third kappa shape index (κ3) is 3.43. The molecule has 1 heterocycles. The number of hydrogen-bond donors (Lipinski definition) is 1. The van der Waals surface area contributed by atoms with Gasteiger partial charge in [0, 0.05) is 25.7 Å². The first-order valence-electron chi connectivity index (χ1n) is 5.15. The van der Waals surface area contributed by atoms with Gasteiger partial charge in [0.15, 0.2) is 0 Å². The van der Waals surface area contributed by atoms with Gasteiger partial charge < -0.3 is 14.9 Å². The minimum Gasteiger partial charge on any atom is -0.392 e. The van der Waals surface area contributed by atoms with Gasteiger partial charge in [0.1, 0.15) is 11.6 Å². The van der Waals surface area contributed by atoms with E-state index in [1.54, 1.807) is 0 Å². The molecule has 0 bridgehead atoms. The molecule has 1 aromatic heterocycles. The number of anilines is 1. The van der Waals surface area contributed by atoms with E-state index in [4.69, 9.17) is 5.11 Å². The summed E-state index contributed by atoms with van der Waals surface area (Å²) in [5.41, 5.74) is 0.515. The fourth-order valence-corrected chi connectivity index (χ4v) is 1.39. The van der Waals surface area contributed by atoms with E-state index >= 15 is 0 Å². The first kappa shape index (κ1) is 12.9. The highest BCUT2D eigenvalue weighted by Gasteiger charge is 2.09. The van der Waals surface area contributed by atoms with Crippen LogP contribution in [0.1, 0.15) is 5.56 Å². The highest BCUT2D eigenvalue weighted by atomic mass is 19.1. The maximum absolute atomic E-state index is 12.9. The van der Waals surface area contributed by atoms with Crippen molar-refractivity contribution in [1.29, 1.82) is 0 Å². The van der Waals surface area contributed by atoms with Crippen LogP contribution in [0.5, 0.6) is 0 Å². The van der Waals surface area contributed by atoms with Crippen LogP contribution in [0.4, 0.5) is 10.2 Å². The second kappa shape index (κ2) is 5.77. The predicted octanol–water partition coefficient (Wildman–Crippen LogP) is 0.711. The Balaban J connectivity index is 2.77. The van der Waals surface area contributed by atoms with E-state index in [9.17, 15) is 4.39 Å². The molecule has 0 fully saturated rings. The summed E-state index contributed by atoms with van der Waals surface area (Å²) in [5, 5.41) is 9.13. The molecule has 0 aliphatic carbocycles. The lowest BCUT2D eigenvalue weighted by Crippen LogP contribution is -2.29. The molecule has 0 saturated heterocycles. The van der Waals surface area contributed by atoms with E-state index in [2.05, 4.69) is 9.88 Å². The van der Waals surface area contributed by atoms with Gasteiger partial charge in [0.05, 0.1) is 12.8 Å². The van der Waals surface area contributed by atoms with Crippen LogP contribution in [0.2, 0.25) is 0 Å². The van der Waals surface area contributed by atoms with Crippen LogP contribution < -0.4 is 4.90 Å². The van der Waals surface area contributed by atoms with Gasteiger partial charge in [-0.3, -0.25) is 0 Å². The van der Waals surface area contributed by atoms with Gasteiger partial charge in [-0.05, 0) is 20.2 Å². The first-order valence-corrected chi connectivity index (χ1v) is 5.15. The Morgan fingerprint density at radius 3 is 2.56 bits per heavy atom. The van der Waals surface area contributed by atoms with Crippen molar-refractivity contribution in [2.75, 3.05) is 39.1 Å². The molecule has 0 spiro atoms. The quantitative estimate of drug-likeness (QED) is 0.804. The van der Waals surface area contributed by atoms with Crippen molar-refractivity contribution in [2.45, 2.75) is 6.61 Å². The van der Waals surface area contributed by atoms with E-state index in [0.29, 0.717) is 11.4 Å². The van der Waals surface area contributed by atoms with Gasteiger partial charge in [-0.2, -0.15) is 0 Å². The highest BCUT2D eigenvalue weighted by molar-refractivity contribution is 5.45. The SMILES string of the molecule is CN(C)CCN(C)c1ncc(F)cc1CO. The van der Waals surface area contributed by atoms with E-state index in [1.807, 2.05) is 26.0 Å². The largest absolute Gasteiger partial charge is 0.392 e. The van der Waals surface area contributed by atoms with E-state index in [-0.39, 0.29) is 6.61 Å². The molecular weight excluding hydrogens is 209 g/mol. The van der Waals surface area contributed by atoms with Gasteiger partial charge >= 0.3 is 0 Å². The van der Waals surface area contributed by atoms with Crippen molar-refractivity contribution in [1.82, 2.24) is 9.88 Å². The zero-order chi connectivity index (χ0) is 12.1. The lowest BCUT2D eigenvalue weighted by atomic mass is 10.2. The van der Waals surface area contributed by atoms with Gasteiger partial charge in [0.2, 0.25) is 0 Å². The molecule has 0 aliphatic heterocycles. The number of rotatable bonds is 5. The molecular formula is C11H18FN3O. The van der Waals surface area contributed by atoms with Crippen molar-refractivity contribution in [3.8, 4) is 0 Å². The molecule has 90 valence electrons. The molecule has 0 atom stereocenters. The summed E-state index contributed by atoms with van der Waals surface area (Å²) in [7, 11) is 5.85. The molecule has 0 radical (unpaired) electrons. The van der Waals surface area contributed by atoms with Crippen LogP contribution >= 0.6 is 0 Å². The number of halogens is 1. The fraction of sp³-hybridized carbons (Fsp3) is 0.545. The lowest BCUT2D eigenvalue weighted by Gasteiger charge is -2.22. The van der Waals surface area contributed by atoms with Gasteiger partial charge in [-0.15, -0.1) is 0 Å². The Hall–Kier alpha value is -1.20. The van der Waals surface area contributed by atoms with Gasteiger partial charge in [0.25, 0.3) is 0 Å². The minimum atomic E-state index is -0.422. The molecule has 0 saturated carbocycles. The Labute approximate surface area is 95.3 Å². The molecule has 5 heteroatoms. The van der Waals surface area contributed by atoms with Crippen molar-refractivity contribution in [2.24, 2.45) is 0 Å². The minimum absolute atomic E-state index is 0.202. The normalized spacial score (nSPS) is 10.9. The van der Waals surface area contributed by atoms with Crippen LogP contribution in [-0.2, 0) is 6.61 Å². The average Bonchev–Trinajstić information content (AvgIpc) is 2.25. The Morgan fingerprint density at radius 2 is 2.00 bits per heavy atom. The summed E-state index contributed by atoms with van der Waals surface area (Å²) in [6.45, 7) is 1.45. The third-order valence-corrected chi connectivity index (χ3v) is 2.32. The number of nitrogens with zero attached hydrogens (tertiary/aromatic N) is 3. The van der Waals surface area contributed by atoms with Crippen molar-refractivity contribution >= 4 is 5.82 Å². The summed E-state index contributed by atoms with van der Waals surface area (Å²) in [4.78, 5) is 7.96. The van der Waals surface area contributed by atoms with E-state index < -0.39 is 5.82 Å². The number of aromatic nitrogens is 1. The number of hydrogen-bond acceptors (Lipinski definition) is 4. The molecule has 0 unspecified atom stereocenters. The monoisotopic (exact) mass is 227 g/mol. The summed E-state index contributed by atoms with van der Waals surface area (Å²) in [6.07, 6.45) is 1.17. The molecule has 1 rings (SSSR count). The second-order valence-electron chi connectivity index (χ2n) is 4.02. The number of aliphatic hydroxyl groups is 1. The van der Waals surface area contributed by atoms with E-state index in [0.717, 1.165) is 13.1 Å². The summed E-state index contributed by atoms with van der Waals surface area (Å²) < 4.78 is 12.9. The van der Waals surface area contributed by atoms with Crippen LogP contribution in [0.25, 0.3) is 0 Å².